The zero-order valence-electron chi connectivity index (χ0n) is 14.7. The van der Waals surface area contributed by atoms with Crippen molar-refractivity contribution >= 4 is 7.26 Å². The third-order valence-electron chi connectivity index (χ3n) is 4.33. The Morgan fingerprint density at radius 3 is 1.25 bits per heavy atom. The summed E-state index contributed by atoms with van der Waals surface area (Å²) in [7, 11) is -0.558. The molecule has 2 heteroatoms. The van der Waals surface area contributed by atoms with Crippen molar-refractivity contribution in [2.24, 2.45) is 0 Å². The number of unbranched alkanes of at least 4 members (excludes halogenated alkanes) is 6. The predicted molar refractivity (Wildman–Crippen MR) is 95.3 cm³/mol. The molecule has 0 unspecified atom stereocenters. The monoisotopic (exact) mass is 366 g/mol. The summed E-state index contributed by atoms with van der Waals surface area (Å²) in [6.45, 7) is 9.49. The van der Waals surface area contributed by atoms with Gasteiger partial charge >= 0.3 is 0 Å². The van der Waals surface area contributed by atoms with Crippen molar-refractivity contribution in [2.75, 3.05) is 24.6 Å². The Hall–Kier alpha value is 0.910. The molecule has 0 saturated carbocycles. The van der Waals surface area contributed by atoms with Gasteiger partial charge < -0.3 is 17.0 Å². The zero-order chi connectivity index (χ0) is 14.4. The van der Waals surface area contributed by atoms with Gasteiger partial charge in [-0.25, -0.2) is 0 Å². The van der Waals surface area contributed by atoms with Crippen LogP contribution in [0.2, 0.25) is 0 Å². The third-order valence-corrected chi connectivity index (χ3v) is 9.78. The molecule has 0 rings (SSSR count). The van der Waals surface area contributed by atoms with Crippen LogP contribution in [0.3, 0.4) is 0 Å². The van der Waals surface area contributed by atoms with E-state index >= 15 is 0 Å². The first-order valence-electron chi connectivity index (χ1n) is 9.09. The highest BCUT2D eigenvalue weighted by Gasteiger charge is 2.33. The van der Waals surface area contributed by atoms with Crippen molar-refractivity contribution in [3.8, 4) is 0 Å². The highest BCUT2D eigenvalue weighted by Crippen LogP contribution is 2.60. The van der Waals surface area contributed by atoms with E-state index in [1.165, 1.54) is 64.2 Å². The smallest absolute Gasteiger partial charge is 0.0594 e. The van der Waals surface area contributed by atoms with E-state index in [0.717, 1.165) is 0 Å². The van der Waals surface area contributed by atoms with Gasteiger partial charge in [-0.05, 0) is 32.1 Å². The molecule has 0 aromatic rings. The van der Waals surface area contributed by atoms with Crippen LogP contribution in [-0.2, 0) is 0 Å². The fourth-order valence-corrected chi connectivity index (χ4v) is 8.58. The van der Waals surface area contributed by atoms with Gasteiger partial charge in [0.15, 0.2) is 0 Å². The van der Waals surface area contributed by atoms with Crippen molar-refractivity contribution in [1.82, 2.24) is 0 Å². The minimum atomic E-state index is -0.558. The van der Waals surface area contributed by atoms with Gasteiger partial charge in [0.25, 0.3) is 0 Å². The standard InChI is InChI=1S/C18H40P.BrH/c1-5-9-10-11-12-13-14-18-19(15-6-2,16-7-3)17-8-4;/h5-18H2,1-4H3;1H/q+1;/p-1. The number of halogens is 1. The lowest BCUT2D eigenvalue weighted by atomic mass is 10.1. The van der Waals surface area contributed by atoms with Crippen LogP contribution in [0, 0.1) is 0 Å². The summed E-state index contributed by atoms with van der Waals surface area (Å²) in [5, 5.41) is 0. The van der Waals surface area contributed by atoms with E-state index < -0.39 is 7.26 Å². The fraction of sp³-hybridized carbons (Fsp3) is 1.00. The summed E-state index contributed by atoms with van der Waals surface area (Å²) in [5.74, 6) is 0. The van der Waals surface area contributed by atoms with Crippen LogP contribution < -0.4 is 17.0 Å². The summed E-state index contributed by atoms with van der Waals surface area (Å²) in [4.78, 5) is 0. The molecule has 0 aromatic carbocycles. The van der Waals surface area contributed by atoms with Gasteiger partial charge in [0.05, 0.1) is 24.6 Å². The van der Waals surface area contributed by atoms with E-state index in [1.54, 1.807) is 24.6 Å². The second-order valence-corrected chi connectivity index (χ2v) is 10.8. The van der Waals surface area contributed by atoms with Crippen LogP contribution in [-0.4, -0.2) is 24.6 Å². The molecule has 0 aromatic heterocycles. The Bertz CT molecular complexity index is 165. The molecular formula is C18H40BrP. The van der Waals surface area contributed by atoms with E-state index in [4.69, 9.17) is 0 Å². The van der Waals surface area contributed by atoms with Gasteiger partial charge in [0.2, 0.25) is 0 Å². The van der Waals surface area contributed by atoms with Crippen LogP contribution in [0.25, 0.3) is 0 Å². The molecule has 0 nitrogen and oxygen atoms in total. The van der Waals surface area contributed by atoms with Gasteiger partial charge in [-0.15, -0.1) is 0 Å². The van der Waals surface area contributed by atoms with Crippen molar-refractivity contribution < 1.29 is 17.0 Å². The molecule has 0 N–H and O–H groups in total. The van der Waals surface area contributed by atoms with Gasteiger partial charge in [0, 0.05) is 7.26 Å². The first-order valence-corrected chi connectivity index (χ1v) is 11.6. The maximum Gasteiger partial charge on any atom is 0.0594 e. The second-order valence-electron chi connectivity index (χ2n) is 6.36. The van der Waals surface area contributed by atoms with Gasteiger partial charge in [0.1, 0.15) is 0 Å². The van der Waals surface area contributed by atoms with Crippen molar-refractivity contribution in [3.63, 3.8) is 0 Å². The first kappa shape index (κ1) is 23.2. The van der Waals surface area contributed by atoms with Crippen molar-refractivity contribution in [2.45, 2.75) is 91.9 Å². The fourth-order valence-electron chi connectivity index (χ4n) is 3.50. The van der Waals surface area contributed by atoms with Crippen LogP contribution >= 0.6 is 7.26 Å². The summed E-state index contributed by atoms with van der Waals surface area (Å²) >= 11 is 0. The minimum absolute atomic E-state index is 0. The number of hydrogen-bond acceptors (Lipinski definition) is 0. The molecule has 0 atom stereocenters. The Labute approximate surface area is 141 Å². The molecule has 0 heterocycles. The molecule has 0 aliphatic carbocycles. The zero-order valence-corrected chi connectivity index (χ0v) is 17.2. The Kier molecular flexibility index (Phi) is 18.9. The van der Waals surface area contributed by atoms with Crippen molar-refractivity contribution in [3.05, 3.63) is 0 Å². The average Bonchev–Trinajstić information content (AvgIpc) is 2.39. The lowest BCUT2D eigenvalue weighted by Crippen LogP contribution is -3.00. The van der Waals surface area contributed by atoms with Gasteiger partial charge in [-0.2, -0.15) is 0 Å². The highest BCUT2D eigenvalue weighted by atomic mass is 79.9. The van der Waals surface area contributed by atoms with Crippen molar-refractivity contribution in [1.29, 1.82) is 0 Å². The summed E-state index contributed by atoms with van der Waals surface area (Å²) in [6, 6.07) is 0. The Morgan fingerprint density at radius 1 is 0.450 bits per heavy atom. The lowest BCUT2D eigenvalue weighted by molar-refractivity contribution is -0.00000450. The quantitative estimate of drug-likeness (QED) is 0.322. The molecule has 0 saturated heterocycles. The Balaban J connectivity index is 0. The normalized spacial score (nSPS) is 11.4. The molecule has 0 radical (unpaired) electrons. The number of hydrogen-bond donors (Lipinski definition) is 0. The van der Waals surface area contributed by atoms with E-state index in [2.05, 4.69) is 27.7 Å². The molecule has 0 fully saturated rings. The Morgan fingerprint density at radius 2 is 0.850 bits per heavy atom. The summed E-state index contributed by atoms with van der Waals surface area (Å²) in [5.41, 5.74) is 0. The highest BCUT2D eigenvalue weighted by molar-refractivity contribution is 7.75. The van der Waals surface area contributed by atoms with Gasteiger partial charge in [-0.3, -0.25) is 0 Å². The topological polar surface area (TPSA) is 0 Å². The van der Waals surface area contributed by atoms with E-state index in [1.807, 2.05) is 0 Å². The molecule has 20 heavy (non-hydrogen) atoms. The first-order chi connectivity index (χ1) is 9.24. The molecule has 0 aliphatic heterocycles. The molecule has 124 valence electrons. The molecule has 0 bridgehead atoms. The third kappa shape index (κ3) is 11.6. The van der Waals surface area contributed by atoms with E-state index in [0.29, 0.717) is 0 Å². The minimum Gasteiger partial charge on any atom is -1.00 e. The SMILES string of the molecule is CCCCCCCCC[P+](CCC)(CCC)CCC.[Br-]. The van der Waals surface area contributed by atoms with Crippen LogP contribution in [0.4, 0.5) is 0 Å². The predicted octanol–water partition coefficient (Wildman–Crippen LogP) is 3.99. The van der Waals surface area contributed by atoms with Crippen LogP contribution in [0.5, 0.6) is 0 Å². The second kappa shape index (κ2) is 16.3. The molecule has 0 aliphatic rings. The molecule has 0 amide bonds. The number of rotatable bonds is 14. The maximum absolute atomic E-state index is 2.39. The van der Waals surface area contributed by atoms with E-state index in [9.17, 15) is 0 Å². The van der Waals surface area contributed by atoms with E-state index in [-0.39, 0.29) is 17.0 Å². The van der Waals surface area contributed by atoms with Gasteiger partial charge in [-0.1, -0.05) is 59.8 Å². The average molecular weight is 367 g/mol. The summed E-state index contributed by atoms with van der Waals surface area (Å²) < 4.78 is 0. The molecular weight excluding hydrogens is 327 g/mol. The van der Waals surface area contributed by atoms with Crippen LogP contribution in [0.15, 0.2) is 0 Å². The van der Waals surface area contributed by atoms with Crippen LogP contribution in [0.1, 0.15) is 91.9 Å². The maximum atomic E-state index is 2.39. The largest absolute Gasteiger partial charge is 1.00 e. The molecule has 0 spiro atoms. The lowest BCUT2D eigenvalue weighted by Gasteiger charge is -2.27. The summed E-state index contributed by atoms with van der Waals surface area (Å²) in [6.07, 6.45) is 20.9.